The van der Waals surface area contributed by atoms with Crippen LogP contribution in [0.5, 0.6) is 5.75 Å². The predicted octanol–water partition coefficient (Wildman–Crippen LogP) is 2.77. The van der Waals surface area contributed by atoms with Gasteiger partial charge in [0.1, 0.15) is 23.1 Å². The van der Waals surface area contributed by atoms with Crippen LogP contribution in [-0.2, 0) is 14.8 Å². The molecule has 0 saturated heterocycles. The van der Waals surface area contributed by atoms with Crippen LogP contribution in [0.3, 0.4) is 0 Å². The van der Waals surface area contributed by atoms with Crippen LogP contribution < -0.4 is 14.4 Å². The Balaban J connectivity index is 2.13. The van der Waals surface area contributed by atoms with E-state index in [0.717, 1.165) is 22.7 Å². The van der Waals surface area contributed by atoms with Gasteiger partial charge in [-0.05, 0) is 24.3 Å². The van der Waals surface area contributed by atoms with Gasteiger partial charge in [0.15, 0.2) is 0 Å². The summed E-state index contributed by atoms with van der Waals surface area (Å²) >= 11 is 0. The van der Waals surface area contributed by atoms with Gasteiger partial charge < -0.3 is 10.1 Å². The largest absolute Gasteiger partial charge is 0.497 e. The molecule has 0 aromatic heterocycles. The number of halogens is 2. The topological polar surface area (TPSA) is 75.7 Å². The maximum absolute atomic E-state index is 13.6. The van der Waals surface area contributed by atoms with Crippen molar-refractivity contribution < 1.29 is 26.7 Å². The number of carbonyl (C=O) groups excluding carboxylic acids is 1. The molecular formula is C17H18F2N2O4S. The molecule has 0 fully saturated rings. The van der Waals surface area contributed by atoms with Crippen LogP contribution >= 0.6 is 0 Å². The van der Waals surface area contributed by atoms with Crippen LogP contribution in [0.15, 0.2) is 42.5 Å². The van der Waals surface area contributed by atoms with Crippen LogP contribution in [0.1, 0.15) is 6.42 Å². The molecule has 2 aromatic rings. The summed E-state index contributed by atoms with van der Waals surface area (Å²) in [5.74, 6) is -2.09. The van der Waals surface area contributed by atoms with Crippen LogP contribution in [-0.4, -0.2) is 34.2 Å². The highest BCUT2D eigenvalue weighted by Crippen LogP contribution is 2.23. The molecule has 0 unspecified atom stereocenters. The van der Waals surface area contributed by atoms with Gasteiger partial charge >= 0.3 is 0 Å². The fraction of sp³-hybridized carbons (Fsp3) is 0.235. The van der Waals surface area contributed by atoms with Gasteiger partial charge in [0.2, 0.25) is 15.9 Å². The lowest BCUT2D eigenvalue weighted by Crippen LogP contribution is -2.33. The second-order valence-corrected chi connectivity index (χ2v) is 7.34. The molecule has 0 saturated carbocycles. The number of anilines is 2. The van der Waals surface area contributed by atoms with Gasteiger partial charge in [-0.15, -0.1) is 0 Å². The van der Waals surface area contributed by atoms with Gasteiger partial charge in [-0.2, -0.15) is 0 Å². The standard InChI is InChI=1S/C17H18F2N2O4S/c1-25-13-6-3-5-12(11-13)21(26(2,23)24)10-9-16(22)20-17-14(18)7-4-8-15(17)19/h3-8,11H,9-10H2,1-2H3,(H,20,22). The minimum Gasteiger partial charge on any atom is -0.497 e. The predicted molar refractivity (Wildman–Crippen MR) is 94.8 cm³/mol. The monoisotopic (exact) mass is 384 g/mol. The van der Waals surface area contributed by atoms with Crippen molar-refractivity contribution in [3.05, 3.63) is 54.1 Å². The molecule has 140 valence electrons. The summed E-state index contributed by atoms with van der Waals surface area (Å²) in [6, 6.07) is 9.52. The molecule has 2 aromatic carbocycles. The average molecular weight is 384 g/mol. The third-order valence-corrected chi connectivity index (χ3v) is 4.70. The fourth-order valence-electron chi connectivity index (χ4n) is 2.27. The smallest absolute Gasteiger partial charge is 0.232 e. The van der Waals surface area contributed by atoms with E-state index in [1.807, 2.05) is 0 Å². The van der Waals surface area contributed by atoms with Crippen molar-refractivity contribution in [2.45, 2.75) is 6.42 Å². The van der Waals surface area contributed by atoms with Gasteiger partial charge in [0.25, 0.3) is 0 Å². The summed E-state index contributed by atoms with van der Waals surface area (Å²) in [4.78, 5) is 12.0. The molecule has 0 radical (unpaired) electrons. The number of carbonyl (C=O) groups is 1. The van der Waals surface area contributed by atoms with Crippen LogP contribution in [0.2, 0.25) is 0 Å². The number of hydrogen-bond donors (Lipinski definition) is 1. The Kier molecular flexibility index (Phi) is 6.14. The number of hydrogen-bond acceptors (Lipinski definition) is 4. The Morgan fingerprint density at radius 3 is 2.35 bits per heavy atom. The van der Waals surface area contributed by atoms with Gasteiger partial charge in [-0.25, -0.2) is 17.2 Å². The van der Waals surface area contributed by atoms with Crippen molar-refractivity contribution in [3.8, 4) is 5.75 Å². The molecule has 0 aliphatic rings. The molecule has 1 amide bonds. The zero-order valence-electron chi connectivity index (χ0n) is 14.2. The summed E-state index contributed by atoms with van der Waals surface area (Å²) in [5, 5.41) is 2.12. The molecule has 26 heavy (non-hydrogen) atoms. The van der Waals surface area contributed by atoms with Crippen molar-refractivity contribution >= 4 is 27.3 Å². The molecule has 0 heterocycles. The van der Waals surface area contributed by atoms with E-state index in [9.17, 15) is 22.0 Å². The van der Waals surface area contributed by atoms with Crippen molar-refractivity contribution in [3.63, 3.8) is 0 Å². The number of benzene rings is 2. The maximum atomic E-state index is 13.6. The molecule has 0 aliphatic heterocycles. The summed E-state index contributed by atoms with van der Waals surface area (Å²) in [6.07, 6.45) is 0.707. The second-order valence-electron chi connectivity index (χ2n) is 5.43. The third-order valence-electron chi connectivity index (χ3n) is 3.51. The number of para-hydroxylation sites is 1. The van der Waals surface area contributed by atoms with E-state index >= 15 is 0 Å². The Labute approximate surface area is 150 Å². The molecule has 0 aliphatic carbocycles. The molecule has 0 spiro atoms. The van der Waals surface area contributed by atoms with Crippen molar-refractivity contribution in [2.24, 2.45) is 0 Å². The first-order chi connectivity index (χ1) is 12.2. The average Bonchev–Trinajstić information content (AvgIpc) is 2.57. The Morgan fingerprint density at radius 1 is 1.15 bits per heavy atom. The highest BCUT2D eigenvalue weighted by Gasteiger charge is 2.20. The van der Waals surface area contributed by atoms with E-state index in [2.05, 4.69) is 5.32 Å². The van der Waals surface area contributed by atoms with E-state index in [4.69, 9.17) is 4.74 Å². The van der Waals surface area contributed by atoms with Gasteiger partial charge in [0, 0.05) is 19.0 Å². The lowest BCUT2D eigenvalue weighted by Gasteiger charge is -2.22. The van der Waals surface area contributed by atoms with Crippen molar-refractivity contribution in [1.29, 1.82) is 0 Å². The molecule has 0 atom stereocenters. The Morgan fingerprint density at radius 2 is 1.77 bits per heavy atom. The molecule has 2 rings (SSSR count). The quantitative estimate of drug-likeness (QED) is 0.797. The first-order valence-corrected chi connectivity index (χ1v) is 9.43. The first kappa shape index (κ1) is 19.6. The molecule has 9 heteroatoms. The summed E-state index contributed by atoms with van der Waals surface area (Å²) in [6.45, 7) is -0.200. The Hall–Kier alpha value is -2.68. The van der Waals surface area contributed by atoms with Crippen molar-refractivity contribution in [1.82, 2.24) is 0 Å². The summed E-state index contributed by atoms with van der Waals surface area (Å²) in [7, 11) is -2.23. The SMILES string of the molecule is COc1cccc(N(CCC(=O)Nc2c(F)cccc2F)S(C)(=O)=O)c1. The second kappa shape index (κ2) is 8.13. The van der Waals surface area contributed by atoms with Crippen molar-refractivity contribution in [2.75, 3.05) is 29.5 Å². The van der Waals surface area contributed by atoms with Crippen LogP contribution in [0.4, 0.5) is 20.2 Å². The zero-order chi connectivity index (χ0) is 19.3. The van der Waals surface area contributed by atoms with E-state index in [1.54, 1.807) is 18.2 Å². The van der Waals surface area contributed by atoms with Gasteiger partial charge in [-0.1, -0.05) is 12.1 Å². The summed E-state index contributed by atoms with van der Waals surface area (Å²) in [5.41, 5.74) is -0.249. The molecular weight excluding hydrogens is 366 g/mol. The van der Waals surface area contributed by atoms with E-state index in [1.165, 1.54) is 19.2 Å². The van der Waals surface area contributed by atoms with Gasteiger partial charge in [-0.3, -0.25) is 9.10 Å². The number of nitrogens with one attached hydrogen (secondary N) is 1. The fourth-order valence-corrected chi connectivity index (χ4v) is 3.19. The third kappa shape index (κ3) is 4.92. The number of rotatable bonds is 7. The Bertz CT molecular complexity index is 883. The highest BCUT2D eigenvalue weighted by molar-refractivity contribution is 7.92. The number of methoxy groups -OCH3 is 1. The first-order valence-electron chi connectivity index (χ1n) is 7.58. The highest BCUT2D eigenvalue weighted by atomic mass is 32.2. The number of amides is 1. The van der Waals surface area contributed by atoms with E-state index < -0.39 is 33.3 Å². The van der Waals surface area contributed by atoms with Crippen LogP contribution in [0, 0.1) is 11.6 Å². The minimum absolute atomic E-state index is 0.200. The number of sulfonamides is 1. The molecule has 0 bridgehead atoms. The maximum Gasteiger partial charge on any atom is 0.232 e. The lowest BCUT2D eigenvalue weighted by molar-refractivity contribution is -0.116. The van der Waals surface area contributed by atoms with Gasteiger partial charge in [0.05, 0.1) is 19.1 Å². The minimum atomic E-state index is -3.68. The normalized spacial score (nSPS) is 11.1. The zero-order valence-corrected chi connectivity index (χ0v) is 15.0. The number of ether oxygens (including phenoxy) is 1. The number of nitrogens with zero attached hydrogens (tertiary/aromatic N) is 1. The molecule has 1 N–H and O–H groups in total. The lowest BCUT2D eigenvalue weighted by atomic mass is 10.2. The van der Waals surface area contributed by atoms with E-state index in [-0.39, 0.29) is 13.0 Å². The van der Waals surface area contributed by atoms with Crippen LogP contribution in [0.25, 0.3) is 0 Å². The summed E-state index contributed by atoms with van der Waals surface area (Å²) < 4.78 is 57.3. The molecule has 6 nitrogen and oxygen atoms in total. The van der Waals surface area contributed by atoms with E-state index in [0.29, 0.717) is 11.4 Å².